The summed E-state index contributed by atoms with van der Waals surface area (Å²) in [5, 5.41) is 2.93. The maximum Gasteiger partial charge on any atom is 0.270 e. The van der Waals surface area contributed by atoms with Crippen molar-refractivity contribution in [3.63, 3.8) is 0 Å². The Morgan fingerprint density at radius 1 is 1.00 bits per heavy atom. The number of ether oxygens (including phenoxy) is 2. The van der Waals surface area contributed by atoms with Crippen LogP contribution in [0.2, 0.25) is 0 Å². The van der Waals surface area contributed by atoms with Crippen LogP contribution >= 0.6 is 0 Å². The number of hydrogen-bond acceptors (Lipinski definition) is 5. The molecule has 4 rings (SSSR count). The van der Waals surface area contributed by atoms with Gasteiger partial charge in [0.2, 0.25) is 0 Å². The topological polar surface area (TPSA) is 78.3 Å². The zero-order chi connectivity index (χ0) is 22.2. The van der Waals surface area contributed by atoms with E-state index in [2.05, 4.69) is 20.9 Å². The molecule has 164 valence electrons. The summed E-state index contributed by atoms with van der Waals surface area (Å²) in [7, 11) is 1.64. The van der Waals surface area contributed by atoms with E-state index in [9.17, 15) is 4.79 Å². The molecule has 0 fully saturated rings. The number of aromatic nitrogens is 3. The van der Waals surface area contributed by atoms with Gasteiger partial charge in [-0.25, -0.2) is 4.98 Å². The van der Waals surface area contributed by atoms with Crippen LogP contribution in [0.1, 0.15) is 29.2 Å². The van der Waals surface area contributed by atoms with E-state index in [0.29, 0.717) is 18.8 Å². The minimum atomic E-state index is -0.212. The average Bonchev–Trinajstić information content (AvgIpc) is 3.20. The van der Waals surface area contributed by atoms with Crippen LogP contribution in [-0.4, -0.2) is 34.2 Å². The summed E-state index contributed by atoms with van der Waals surface area (Å²) in [6, 6.07) is 20.9. The van der Waals surface area contributed by atoms with Crippen LogP contribution < -0.4 is 14.8 Å². The van der Waals surface area contributed by atoms with Crippen molar-refractivity contribution in [2.24, 2.45) is 0 Å². The van der Waals surface area contributed by atoms with Crippen LogP contribution in [0, 0.1) is 0 Å². The largest absolute Gasteiger partial charge is 0.497 e. The lowest BCUT2D eigenvalue weighted by molar-refractivity contribution is 0.0944. The summed E-state index contributed by atoms with van der Waals surface area (Å²) < 4.78 is 13.2. The fourth-order valence-electron chi connectivity index (χ4n) is 3.51. The number of nitrogens with one attached hydrogen (secondary N) is 1. The molecule has 2 aromatic carbocycles. The molecule has 1 N–H and O–H groups in total. The van der Waals surface area contributed by atoms with E-state index in [-0.39, 0.29) is 5.91 Å². The Kier molecular flexibility index (Phi) is 6.97. The van der Waals surface area contributed by atoms with E-state index < -0.39 is 0 Å². The van der Waals surface area contributed by atoms with Crippen LogP contribution in [-0.2, 0) is 13.1 Å². The normalized spacial score (nSPS) is 10.8. The second kappa shape index (κ2) is 10.4. The lowest BCUT2D eigenvalue weighted by Crippen LogP contribution is -2.25. The monoisotopic (exact) mass is 430 g/mol. The number of carbonyl (C=O) groups excluding carboxylic acids is 1. The highest BCUT2D eigenvalue weighted by atomic mass is 16.5. The first-order chi connectivity index (χ1) is 15.7. The maximum absolute atomic E-state index is 12.4. The summed E-state index contributed by atoms with van der Waals surface area (Å²) in [4.78, 5) is 21.2. The molecule has 1 amide bonds. The van der Waals surface area contributed by atoms with Crippen LogP contribution in [0.5, 0.6) is 11.5 Å². The van der Waals surface area contributed by atoms with Gasteiger partial charge in [0.1, 0.15) is 23.0 Å². The molecule has 7 nitrogen and oxygen atoms in total. The van der Waals surface area contributed by atoms with Crippen LogP contribution in [0.25, 0.3) is 11.0 Å². The van der Waals surface area contributed by atoms with Crippen molar-refractivity contribution >= 4 is 16.9 Å². The minimum Gasteiger partial charge on any atom is -0.497 e. The zero-order valence-electron chi connectivity index (χ0n) is 18.0. The Hall–Kier alpha value is -3.87. The minimum absolute atomic E-state index is 0.212. The number of benzene rings is 2. The van der Waals surface area contributed by atoms with E-state index in [4.69, 9.17) is 14.5 Å². The molecule has 4 aromatic rings. The van der Waals surface area contributed by atoms with Gasteiger partial charge in [0.15, 0.2) is 0 Å². The fraction of sp³-hybridized carbons (Fsp3) is 0.240. The number of rotatable bonds is 10. The second-order valence-electron chi connectivity index (χ2n) is 7.30. The van der Waals surface area contributed by atoms with Crippen molar-refractivity contribution in [3.8, 4) is 11.5 Å². The third-order valence-corrected chi connectivity index (χ3v) is 5.12. The number of unbranched alkanes of at least 4 members (excludes halogenated alkanes) is 1. The number of aryl methyl sites for hydroxylation is 1. The molecule has 0 aliphatic carbocycles. The second-order valence-corrected chi connectivity index (χ2v) is 7.30. The van der Waals surface area contributed by atoms with E-state index in [1.807, 2.05) is 42.5 Å². The molecule has 0 spiro atoms. The molecule has 2 aromatic heterocycles. The molecule has 0 aliphatic rings. The molecular weight excluding hydrogens is 404 g/mol. The van der Waals surface area contributed by atoms with Crippen molar-refractivity contribution in [2.45, 2.75) is 25.9 Å². The third kappa shape index (κ3) is 5.24. The maximum atomic E-state index is 12.4. The molecule has 7 heteroatoms. The Morgan fingerprint density at radius 2 is 1.84 bits per heavy atom. The van der Waals surface area contributed by atoms with E-state index in [0.717, 1.165) is 47.7 Å². The number of carbonyl (C=O) groups is 1. The highest BCUT2D eigenvalue weighted by molar-refractivity contribution is 5.92. The molecule has 0 saturated heterocycles. The van der Waals surface area contributed by atoms with Gasteiger partial charge in [-0.3, -0.25) is 9.78 Å². The Bertz CT molecular complexity index is 1170. The van der Waals surface area contributed by atoms with Gasteiger partial charge in [-0.05, 0) is 49.2 Å². The van der Waals surface area contributed by atoms with Gasteiger partial charge in [0.05, 0.1) is 31.3 Å². The molecule has 0 aliphatic heterocycles. The number of imidazole rings is 1. The summed E-state index contributed by atoms with van der Waals surface area (Å²) in [5.74, 6) is 2.19. The zero-order valence-corrected chi connectivity index (χ0v) is 18.0. The summed E-state index contributed by atoms with van der Waals surface area (Å²) in [6.07, 6.45) is 3.42. The van der Waals surface area contributed by atoms with Gasteiger partial charge in [-0.2, -0.15) is 0 Å². The van der Waals surface area contributed by atoms with Crippen molar-refractivity contribution in [1.82, 2.24) is 19.9 Å². The molecule has 0 saturated carbocycles. The van der Waals surface area contributed by atoms with Gasteiger partial charge < -0.3 is 19.4 Å². The van der Waals surface area contributed by atoms with E-state index in [1.165, 1.54) is 0 Å². The van der Waals surface area contributed by atoms with Crippen molar-refractivity contribution < 1.29 is 14.3 Å². The number of pyridine rings is 1. The molecule has 0 radical (unpaired) electrons. The number of hydrogen-bond donors (Lipinski definition) is 1. The lowest BCUT2D eigenvalue weighted by Gasteiger charge is -2.11. The van der Waals surface area contributed by atoms with Crippen molar-refractivity contribution in [2.75, 3.05) is 13.7 Å². The lowest BCUT2D eigenvalue weighted by atomic mass is 10.3. The number of fused-ring (bicyclic) bond motifs is 1. The van der Waals surface area contributed by atoms with Crippen molar-refractivity contribution in [1.29, 1.82) is 0 Å². The fourth-order valence-corrected chi connectivity index (χ4v) is 3.51. The van der Waals surface area contributed by atoms with Gasteiger partial charge in [-0.15, -0.1) is 0 Å². The Balaban J connectivity index is 1.36. The van der Waals surface area contributed by atoms with Crippen LogP contribution in [0.3, 0.4) is 0 Å². The SMILES string of the molecule is COc1cccc(OCCCCn2c(CNC(=O)c3ccccn3)nc3ccccc32)c1. The number of para-hydroxylation sites is 2. The van der Waals surface area contributed by atoms with Gasteiger partial charge in [0.25, 0.3) is 5.91 Å². The van der Waals surface area contributed by atoms with E-state index in [1.54, 1.807) is 31.5 Å². The third-order valence-electron chi connectivity index (χ3n) is 5.12. The van der Waals surface area contributed by atoms with Gasteiger partial charge in [0, 0.05) is 18.8 Å². The van der Waals surface area contributed by atoms with Gasteiger partial charge in [-0.1, -0.05) is 24.3 Å². The first kappa shape index (κ1) is 21.4. The molecule has 32 heavy (non-hydrogen) atoms. The predicted octanol–water partition coefficient (Wildman–Crippen LogP) is 4.23. The standard InChI is InChI=1S/C25H26N4O3/c1-31-19-9-8-10-20(17-19)32-16-7-6-15-29-23-13-3-2-11-21(23)28-24(29)18-27-25(30)22-12-4-5-14-26-22/h2-5,8-14,17H,6-7,15-16,18H2,1H3,(H,27,30). The first-order valence-corrected chi connectivity index (χ1v) is 10.6. The summed E-state index contributed by atoms with van der Waals surface area (Å²) in [6.45, 7) is 1.74. The number of nitrogens with zero attached hydrogens (tertiary/aromatic N) is 3. The smallest absolute Gasteiger partial charge is 0.270 e. The predicted molar refractivity (Wildman–Crippen MR) is 123 cm³/mol. The van der Waals surface area contributed by atoms with Crippen molar-refractivity contribution in [3.05, 3.63) is 84.4 Å². The highest BCUT2D eigenvalue weighted by Gasteiger charge is 2.12. The number of methoxy groups -OCH3 is 1. The molecule has 0 unspecified atom stereocenters. The molecule has 0 bridgehead atoms. The molecule has 2 heterocycles. The molecule has 0 atom stereocenters. The quantitative estimate of drug-likeness (QED) is 0.381. The summed E-state index contributed by atoms with van der Waals surface area (Å²) in [5.41, 5.74) is 2.37. The van der Waals surface area contributed by atoms with E-state index >= 15 is 0 Å². The Morgan fingerprint density at radius 3 is 2.69 bits per heavy atom. The van der Waals surface area contributed by atoms with Gasteiger partial charge >= 0.3 is 0 Å². The average molecular weight is 431 g/mol. The molecular formula is C25H26N4O3. The Labute approximate surface area is 187 Å². The first-order valence-electron chi connectivity index (χ1n) is 10.6. The number of amides is 1. The van der Waals surface area contributed by atoms with Crippen LogP contribution in [0.4, 0.5) is 0 Å². The van der Waals surface area contributed by atoms with Crippen LogP contribution in [0.15, 0.2) is 72.9 Å². The summed E-state index contributed by atoms with van der Waals surface area (Å²) >= 11 is 0. The highest BCUT2D eigenvalue weighted by Crippen LogP contribution is 2.20.